The van der Waals surface area contributed by atoms with Crippen molar-refractivity contribution in [3.63, 3.8) is 0 Å². The number of rotatable bonds is 5. The lowest BCUT2D eigenvalue weighted by Gasteiger charge is -2.33. The van der Waals surface area contributed by atoms with Gasteiger partial charge in [0.1, 0.15) is 24.0 Å². The van der Waals surface area contributed by atoms with Crippen LogP contribution in [0.15, 0.2) is 60.9 Å². The van der Waals surface area contributed by atoms with Gasteiger partial charge in [0.15, 0.2) is 0 Å². The third kappa shape index (κ3) is 4.64. The smallest absolute Gasteiger partial charge is 0.229 e. The number of methoxy groups -OCH3 is 1. The molecule has 1 saturated heterocycles. The minimum absolute atomic E-state index is 0.0724. The number of nitrogens with zero attached hydrogens (tertiary/aromatic N) is 4. The molecular weight excluding hydrogens is 390 g/mol. The van der Waals surface area contributed by atoms with Crippen LogP contribution < -0.4 is 15.0 Å². The van der Waals surface area contributed by atoms with E-state index in [-0.39, 0.29) is 11.8 Å². The van der Waals surface area contributed by atoms with E-state index in [0.717, 1.165) is 42.2 Å². The first kappa shape index (κ1) is 20.4. The zero-order chi connectivity index (χ0) is 21.6. The zero-order valence-electron chi connectivity index (χ0n) is 17.3. The Morgan fingerprint density at radius 1 is 1.19 bits per heavy atom. The molecule has 1 N–H and O–H groups in total. The van der Waals surface area contributed by atoms with Crippen LogP contribution in [0.4, 0.5) is 11.5 Å². The molecule has 3 aromatic rings. The van der Waals surface area contributed by atoms with Crippen LogP contribution in [-0.2, 0) is 4.79 Å². The van der Waals surface area contributed by atoms with Crippen LogP contribution in [0.25, 0.3) is 11.3 Å². The Labute approximate surface area is 181 Å². The first-order chi connectivity index (χ1) is 15.2. The predicted octanol–water partition coefficient (Wildman–Crippen LogP) is 3.88. The summed E-state index contributed by atoms with van der Waals surface area (Å²) in [7, 11) is 1.64. The van der Waals surface area contributed by atoms with Crippen molar-refractivity contribution in [2.75, 3.05) is 30.4 Å². The number of hydrogen-bond donors (Lipinski definition) is 1. The molecule has 156 valence electrons. The molecule has 0 bridgehead atoms. The summed E-state index contributed by atoms with van der Waals surface area (Å²) >= 11 is 0. The second kappa shape index (κ2) is 9.26. The maximum absolute atomic E-state index is 12.9. The molecule has 0 saturated carbocycles. The van der Waals surface area contributed by atoms with Crippen molar-refractivity contribution in [3.05, 3.63) is 66.5 Å². The fourth-order valence-corrected chi connectivity index (χ4v) is 3.76. The molecule has 1 atom stereocenters. The average Bonchev–Trinajstić information content (AvgIpc) is 2.84. The van der Waals surface area contributed by atoms with Gasteiger partial charge in [0, 0.05) is 24.7 Å². The number of aromatic nitrogens is 2. The molecule has 0 spiro atoms. The lowest BCUT2D eigenvalue weighted by molar-refractivity contribution is -0.120. The lowest BCUT2D eigenvalue weighted by Crippen LogP contribution is -2.41. The van der Waals surface area contributed by atoms with Crippen LogP contribution >= 0.6 is 0 Å². The quantitative estimate of drug-likeness (QED) is 0.683. The van der Waals surface area contributed by atoms with Crippen LogP contribution in [0.1, 0.15) is 18.4 Å². The topological polar surface area (TPSA) is 91.1 Å². The summed E-state index contributed by atoms with van der Waals surface area (Å²) < 4.78 is 5.22. The molecule has 0 radical (unpaired) electrons. The number of carbonyl (C=O) groups excluding carboxylic acids is 1. The Hall–Kier alpha value is -3.92. The summed E-state index contributed by atoms with van der Waals surface area (Å²) in [4.78, 5) is 23.8. The van der Waals surface area contributed by atoms with Gasteiger partial charge in [-0.25, -0.2) is 9.97 Å². The van der Waals surface area contributed by atoms with Crippen LogP contribution in [0.3, 0.4) is 0 Å². The monoisotopic (exact) mass is 413 g/mol. The van der Waals surface area contributed by atoms with Crippen molar-refractivity contribution >= 4 is 17.4 Å². The third-order valence-corrected chi connectivity index (χ3v) is 5.46. The number of carbonyl (C=O) groups is 1. The van der Waals surface area contributed by atoms with Crippen LogP contribution in [0.5, 0.6) is 5.75 Å². The molecule has 1 unspecified atom stereocenters. The summed E-state index contributed by atoms with van der Waals surface area (Å²) in [6.07, 6.45) is 3.25. The highest BCUT2D eigenvalue weighted by atomic mass is 16.5. The second-order valence-electron chi connectivity index (χ2n) is 7.42. The van der Waals surface area contributed by atoms with Gasteiger partial charge in [0.25, 0.3) is 0 Å². The van der Waals surface area contributed by atoms with E-state index < -0.39 is 0 Å². The van der Waals surface area contributed by atoms with Gasteiger partial charge in [0.2, 0.25) is 5.91 Å². The highest BCUT2D eigenvalue weighted by Gasteiger charge is 2.27. The van der Waals surface area contributed by atoms with E-state index in [1.54, 1.807) is 31.6 Å². The number of hydrogen-bond acceptors (Lipinski definition) is 6. The molecule has 31 heavy (non-hydrogen) atoms. The molecule has 7 heteroatoms. The SMILES string of the molecule is COc1ccc(-c2cc(N3CCCC(C(=O)Nc4ccccc4C#N)C3)ncn2)cc1. The van der Waals surface area contributed by atoms with Crippen LogP contribution in [-0.4, -0.2) is 36.1 Å². The Kier molecular flexibility index (Phi) is 6.08. The molecule has 1 aliphatic heterocycles. The minimum Gasteiger partial charge on any atom is -0.497 e. The van der Waals surface area contributed by atoms with E-state index in [4.69, 9.17) is 4.74 Å². The molecule has 2 heterocycles. The normalized spacial score (nSPS) is 15.7. The van der Waals surface area contributed by atoms with E-state index in [1.165, 1.54) is 0 Å². The fraction of sp³-hybridized carbons (Fsp3) is 0.250. The van der Waals surface area contributed by atoms with Crippen molar-refractivity contribution in [2.45, 2.75) is 12.8 Å². The van der Waals surface area contributed by atoms with Gasteiger partial charge in [-0.3, -0.25) is 4.79 Å². The zero-order valence-corrected chi connectivity index (χ0v) is 17.3. The van der Waals surface area contributed by atoms with Gasteiger partial charge < -0.3 is 15.0 Å². The van der Waals surface area contributed by atoms with Crippen molar-refractivity contribution in [3.8, 4) is 23.1 Å². The summed E-state index contributed by atoms with van der Waals surface area (Å²) in [5.41, 5.74) is 2.81. The third-order valence-electron chi connectivity index (χ3n) is 5.46. The van der Waals surface area contributed by atoms with Crippen molar-refractivity contribution in [1.82, 2.24) is 9.97 Å². The minimum atomic E-state index is -0.181. The summed E-state index contributed by atoms with van der Waals surface area (Å²) in [5, 5.41) is 12.2. The first-order valence-electron chi connectivity index (χ1n) is 10.2. The van der Waals surface area contributed by atoms with E-state index in [2.05, 4.69) is 26.3 Å². The number of nitrogens with one attached hydrogen (secondary N) is 1. The largest absolute Gasteiger partial charge is 0.497 e. The summed E-state index contributed by atoms with van der Waals surface area (Å²) in [6, 6.07) is 18.8. The van der Waals surface area contributed by atoms with Gasteiger partial charge in [-0.2, -0.15) is 5.26 Å². The predicted molar refractivity (Wildman–Crippen MR) is 119 cm³/mol. The van der Waals surface area contributed by atoms with Gasteiger partial charge in [-0.05, 0) is 49.2 Å². The van der Waals surface area contributed by atoms with E-state index in [9.17, 15) is 10.1 Å². The van der Waals surface area contributed by atoms with Crippen molar-refractivity contribution in [2.24, 2.45) is 5.92 Å². The molecular formula is C24H23N5O2. The Balaban J connectivity index is 1.48. The van der Waals surface area contributed by atoms with E-state index in [0.29, 0.717) is 17.8 Å². The molecule has 1 fully saturated rings. The fourth-order valence-electron chi connectivity index (χ4n) is 3.76. The standard InChI is InChI=1S/C24H23N5O2/c1-31-20-10-8-17(9-11-20)22-13-23(27-16-26-22)29-12-4-6-19(15-29)24(30)28-21-7-3-2-5-18(21)14-25/h2-3,5,7-11,13,16,19H,4,6,12,15H2,1H3,(H,28,30). The number of ether oxygens (including phenoxy) is 1. The van der Waals surface area contributed by atoms with Gasteiger partial charge in [-0.15, -0.1) is 0 Å². The van der Waals surface area contributed by atoms with Crippen molar-refractivity contribution < 1.29 is 9.53 Å². The lowest BCUT2D eigenvalue weighted by atomic mass is 9.96. The van der Waals surface area contributed by atoms with Gasteiger partial charge >= 0.3 is 0 Å². The van der Waals surface area contributed by atoms with Gasteiger partial charge in [-0.1, -0.05) is 12.1 Å². The van der Waals surface area contributed by atoms with Crippen LogP contribution in [0.2, 0.25) is 0 Å². The second-order valence-corrected chi connectivity index (χ2v) is 7.42. The van der Waals surface area contributed by atoms with Crippen LogP contribution in [0, 0.1) is 17.2 Å². The number of piperidine rings is 1. The molecule has 4 rings (SSSR count). The number of amides is 1. The van der Waals surface area contributed by atoms with E-state index >= 15 is 0 Å². The summed E-state index contributed by atoms with van der Waals surface area (Å²) in [5.74, 6) is 1.34. The average molecular weight is 413 g/mol. The number of nitriles is 1. The molecule has 0 aliphatic carbocycles. The number of benzene rings is 2. The Morgan fingerprint density at radius 3 is 2.77 bits per heavy atom. The Morgan fingerprint density at radius 2 is 2.00 bits per heavy atom. The molecule has 1 aliphatic rings. The maximum Gasteiger partial charge on any atom is 0.229 e. The number of anilines is 2. The van der Waals surface area contributed by atoms with E-state index in [1.807, 2.05) is 36.4 Å². The molecule has 2 aromatic carbocycles. The molecule has 1 amide bonds. The number of para-hydroxylation sites is 1. The summed E-state index contributed by atoms with van der Waals surface area (Å²) in [6.45, 7) is 1.40. The highest BCUT2D eigenvalue weighted by Crippen LogP contribution is 2.27. The molecule has 1 aromatic heterocycles. The van der Waals surface area contributed by atoms with Gasteiger partial charge in [0.05, 0.1) is 30.0 Å². The maximum atomic E-state index is 12.9. The first-order valence-corrected chi connectivity index (χ1v) is 10.2. The van der Waals surface area contributed by atoms with Crippen molar-refractivity contribution in [1.29, 1.82) is 5.26 Å². The highest BCUT2D eigenvalue weighted by molar-refractivity contribution is 5.94. The molecule has 7 nitrogen and oxygen atoms in total. The Bertz CT molecular complexity index is 1110.